The number of hydrogen-bond donors (Lipinski definition) is 1. The summed E-state index contributed by atoms with van der Waals surface area (Å²) < 4.78 is 0. The molecule has 0 radical (unpaired) electrons. The molecule has 0 amide bonds. The first-order chi connectivity index (χ1) is 6.36. The van der Waals surface area contributed by atoms with Crippen LogP contribution in [0.4, 0.5) is 0 Å². The van der Waals surface area contributed by atoms with Crippen LogP contribution in [0.5, 0.6) is 0 Å². The zero-order valence-corrected chi connectivity index (χ0v) is 9.31. The van der Waals surface area contributed by atoms with Crippen molar-refractivity contribution >= 4 is 0 Å². The van der Waals surface area contributed by atoms with Gasteiger partial charge in [-0.3, -0.25) is 0 Å². The van der Waals surface area contributed by atoms with Crippen LogP contribution in [0, 0.1) is 11.8 Å². The summed E-state index contributed by atoms with van der Waals surface area (Å²) in [6.07, 6.45) is 8.52. The van der Waals surface area contributed by atoms with Crippen molar-refractivity contribution in [2.75, 3.05) is 13.1 Å². The van der Waals surface area contributed by atoms with Crippen LogP contribution in [0.25, 0.3) is 0 Å². The van der Waals surface area contributed by atoms with Crippen LogP contribution in [-0.4, -0.2) is 13.1 Å². The molecule has 1 atom stereocenters. The van der Waals surface area contributed by atoms with Gasteiger partial charge in [0.2, 0.25) is 0 Å². The highest BCUT2D eigenvalue weighted by Gasteiger charge is 2.14. The highest BCUT2D eigenvalue weighted by molar-refractivity contribution is 4.70. The lowest BCUT2D eigenvalue weighted by molar-refractivity contribution is 0.316. The van der Waals surface area contributed by atoms with Gasteiger partial charge in [-0.1, -0.05) is 33.1 Å². The SMILES string of the molecule is CCC(CC)CC[C@@H]1CCCNC1. The largest absolute Gasteiger partial charge is 0.316 e. The van der Waals surface area contributed by atoms with Crippen LogP contribution >= 0.6 is 0 Å². The molecule has 1 saturated heterocycles. The molecule has 0 aromatic heterocycles. The highest BCUT2D eigenvalue weighted by Crippen LogP contribution is 2.22. The van der Waals surface area contributed by atoms with Gasteiger partial charge in [-0.15, -0.1) is 0 Å². The molecule has 1 aliphatic rings. The maximum atomic E-state index is 3.49. The molecule has 1 heteroatoms. The summed E-state index contributed by atoms with van der Waals surface area (Å²) in [4.78, 5) is 0. The topological polar surface area (TPSA) is 12.0 Å². The summed E-state index contributed by atoms with van der Waals surface area (Å²) >= 11 is 0. The highest BCUT2D eigenvalue weighted by atomic mass is 14.9. The molecular weight excluding hydrogens is 158 g/mol. The average Bonchev–Trinajstić information content (AvgIpc) is 2.21. The first-order valence-corrected chi connectivity index (χ1v) is 6.07. The predicted octanol–water partition coefficient (Wildman–Crippen LogP) is 3.20. The summed E-state index contributed by atoms with van der Waals surface area (Å²) in [5, 5.41) is 3.49. The molecule has 13 heavy (non-hydrogen) atoms. The lowest BCUT2D eigenvalue weighted by Gasteiger charge is -2.24. The number of nitrogens with one attached hydrogen (secondary N) is 1. The Morgan fingerprint density at radius 2 is 2.08 bits per heavy atom. The van der Waals surface area contributed by atoms with E-state index in [0.29, 0.717) is 0 Å². The van der Waals surface area contributed by atoms with Gasteiger partial charge in [0.05, 0.1) is 0 Å². The van der Waals surface area contributed by atoms with Crippen molar-refractivity contribution < 1.29 is 0 Å². The lowest BCUT2D eigenvalue weighted by atomic mass is 9.88. The van der Waals surface area contributed by atoms with E-state index in [1.165, 1.54) is 51.6 Å². The fourth-order valence-electron chi connectivity index (χ4n) is 2.34. The minimum absolute atomic E-state index is 0.981. The van der Waals surface area contributed by atoms with Gasteiger partial charge in [0.25, 0.3) is 0 Å². The van der Waals surface area contributed by atoms with E-state index in [9.17, 15) is 0 Å². The van der Waals surface area contributed by atoms with Gasteiger partial charge in [-0.2, -0.15) is 0 Å². The first kappa shape index (κ1) is 11.0. The van der Waals surface area contributed by atoms with Crippen LogP contribution in [-0.2, 0) is 0 Å². The molecular formula is C12H25N. The van der Waals surface area contributed by atoms with E-state index < -0.39 is 0 Å². The van der Waals surface area contributed by atoms with Crippen molar-refractivity contribution in [3.63, 3.8) is 0 Å². The molecule has 0 aromatic carbocycles. The maximum absolute atomic E-state index is 3.49. The molecule has 78 valence electrons. The van der Waals surface area contributed by atoms with E-state index in [1.807, 2.05) is 0 Å². The Bertz CT molecular complexity index is 112. The summed E-state index contributed by atoms with van der Waals surface area (Å²) in [7, 11) is 0. The fraction of sp³-hybridized carbons (Fsp3) is 1.00. The Hall–Kier alpha value is -0.0400. The molecule has 1 fully saturated rings. The normalized spacial score (nSPS) is 23.8. The van der Waals surface area contributed by atoms with Gasteiger partial charge in [-0.25, -0.2) is 0 Å². The molecule has 0 aliphatic carbocycles. The summed E-state index contributed by atoms with van der Waals surface area (Å²) in [5.41, 5.74) is 0. The van der Waals surface area contributed by atoms with Crippen molar-refractivity contribution in [3.8, 4) is 0 Å². The maximum Gasteiger partial charge on any atom is -0.00205 e. The van der Waals surface area contributed by atoms with Crippen molar-refractivity contribution in [1.29, 1.82) is 0 Å². The van der Waals surface area contributed by atoms with Gasteiger partial charge in [0, 0.05) is 0 Å². The molecule has 1 N–H and O–H groups in total. The second-order valence-electron chi connectivity index (χ2n) is 4.47. The van der Waals surface area contributed by atoms with E-state index in [1.54, 1.807) is 0 Å². The predicted molar refractivity (Wildman–Crippen MR) is 58.9 cm³/mol. The minimum atomic E-state index is 0.981. The third-order valence-electron chi connectivity index (χ3n) is 3.54. The van der Waals surface area contributed by atoms with Crippen molar-refractivity contribution in [1.82, 2.24) is 5.32 Å². The molecule has 0 saturated carbocycles. The van der Waals surface area contributed by atoms with Gasteiger partial charge < -0.3 is 5.32 Å². The summed E-state index contributed by atoms with van der Waals surface area (Å²) in [6.45, 7) is 7.18. The molecule has 1 aliphatic heterocycles. The second kappa shape index (κ2) is 6.42. The van der Waals surface area contributed by atoms with E-state index in [-0.39, 0.29) is 0 Å². The quantitative estimate of drug-likeness (QED) is 0.690. The van der Waals surface area contributed by atoms with Crippen molar-refractivity contribution in [3.05, 3.63) is 0 Å². The van der Waals surface area contributed by atoms with Crippen LogP contribution in [0.1, 0.15) is 52.4 Å². The second-order valence-corrected chi connectivity index (χ2v) is 4.47. The van der Waals surface area contributed by atoms with Crippen LogP contribution < -0.4 is 5.32 Å². The third kappa shape index (κ3) is 4.12. The van der Waals surface area contributed by atoms with Gasteiger partial charge >= 0.3 is 0 Å². The molecule has 1 nitrogen and oxygen atoms in total. The number of rotatable bonds is 5. The monoisotopic (exact) mass is 183 g/mol. The van der Waals surface area contributed by atoms with Crippen LogP contribution in [0.3, 0.4) is 0 Å². The van der Waals surface area contributed by atoms with Crippen LogP contribution in [0.15, 0.2) is 0 Å². The summed E-state index contributed by atoms with van der Waals surface area (Å²) in [6, 6.07) is 0. The zero-order valence-electron chi connectivity index (χ0n) is 9.31. The Morgan fingerprint density at radius 1 is 1.31 bits per heavy atom. The van der Waals surface area contributed by atoms with Gasteiger partial charge in [0.1, 0.15) is 0 Å². The van der Waals surface area contributed by atoms with E-state index >= 15 is 0 Å². The Labute approximate surface area is 83.3 Å². The molecule has 1 rings (SSSR count). The Kier molecular flexibility index (Phi) is 5.45. The van der Waals surface area contributed by atoms with Gasteiger partial charge in [-0.05, 0) is 44.2 Å². The number of piperidine rings is 1. The standard InChI is InChI=1S/C12H25N/c1-3-11(4-2)7-8-12-6-5-9-13-10-12/h11-13H,3-10H2,1-2H3/t12-/m0/s1. The minimum Gasteiger partial charge on any atom is -0.316 e. The molecule has 0 aromatic rings. The van der Waals surface area contributed by atoms with Gasteiger partial charge in [0.15, 0.2) is 0 Å². The molecule has 0 bridgehead atoms. The lowest BCUT2D eigenvalue weighted by Crippen LogP contribution is -2.29. The van der Waals surface area contributed by atoms with Crippen molar-refractivity contribution in [2.45, 2.75) is 52.4 Å². The van der Waals surface area contributed by atoms with E-state index in [4.69, 9.17) is 0 Å². The van der Waals surface area contributed by atoms with Crippen molar-refractivity contribution in [2.24, 2.45) is 11.8 Å². The third-order valence-corrected chi connectivity index (χ3v) is 3.54. The Balaban J connectivity index is 2.09. The molecule has 0 spiro atoms. The van der Waals surface area contributed by atoms with Crippen LogP contribution in [0.2, 0.25) is 0 Å². The smallest absolute Gasteiger partial charge is 0.00205 e. The van der Waals surface area contributed by atoms with E-state index in [0.717, 1.165) is 11.8 Å². The number of hydrogen-bond acceptors (Lipinski definition) is 1. The molecule has 0 unspecified atom stereocenters. The zero-order chi connectivity index (χ0) is 9.52. The Morgan fingerprint density at radius 3 is 2.62 bits per heavy atom. The average molecular weight is 183 g/mol. The summed E-state index contributed by atoms with van der Waals surface area (Å²) in [5.74, 6) is 1.97. The van der Waals surface area contributed by atoms with E-state index in [2.05, 4.69) is 19.2 Å². The molecule has 1 heterocycles. The fourth-order valence-corrected chi connectivity index (χ4v) is 2.34. The first-order valence-electron chi connectivity index (χ1n) is 6.07.